The second-order valence-corrected chi connectivity index (χ2v) is 4.43. The molecule has 0 fully saturated rings. The van der Waals surface area contributed by atoms with Gasteiger partial charge in [-0.2, -0.15) is 0 Å². The van der Waals surface area contributed by atoms with Crippen molar-refractivity contribution in [3.05, 3.63) is 42.4 Å². The molecule has 19 heavy (non-hydrogen) atoms. The van der Waals surface area contributed by atoms with E-state index in [4.69, 9.17) is 10.5 Å². The predicted octanol–water partition coefficient (Wildman–Crippen LogP) is 2.65. The van der Waals surface area contributed by atoms with Crippen LogP contribution in [0.2, 0.25) is 0 Å². The molecule has 0 aliphatic rings. The van der Waals surface area contributed by atoms with Crippen LogP contribution in [0.25, 0.3) is 11.0 Å². The Balaban J connectivity index is 2.11. The molecule has 0 amide bonds. The Kier molecular flexibility index (Phi) is 2.59. The lowest BCUT2D eigenvalue weighted by atomic mass is 10.2. The maximum absolute atomic E-state index is 5.94. The largest absolute Gasteiger partial charge is 0.434 e. The molecule has 0 aliphatic carbocycles. The van der Waals surface area contributed by atoms with E-state index in [0.29, 0.717) is 17.3 Å². The number of aromatic nitrogens is 3. The van der Waals surface area contributed by atoms with Crippen molar-refractivity contribution in [2.45, 2.75) is 6.92 Å². The van der Waals surface area contributed by atoms with E-state index in [2.05, 4.69) is 9.97 Å². The lowest BCUT2D eigenvalue weighted by Gasteiger charge is -2.10. The van der Waals surface area contributed by atoms with E-state index in [9.17, 15) is 0 Å². The smallest absolute Gasteiger partial charge is 0.247 e. The molecule has 3 rings (SSSR count). The molecule has 0 unspecified atom stereocenters. The molecule has 2 aromatic heterocycles. The summed E-state index contributed by atoms with van der Waals surface area (Å²) in [6.45, 7) is 1.95. The predicted molar refractivity (Wildman–Crippen MR) is 74.2 cm³/mol. The summed E-state index contributed by atoms with van der Waals surface area (Å²) in [5.41, 5.74) is 9.20. The number of ether oxygens (including phenoxy) is 1. The molecular weight excluding hydrogens is 240 g/mol. The highest BCUT2D eigenvalue weighted by Gasteiger charge is 2.12. The number of nitrogen functional groups attached to an aromatic ring is 1. The molecule has 2 heterocycles. The average molecular weight is 254 g/mol. The first-order chi connectivity index (χ1) is 9.16. The van der Waals surface area contributed by atoms with Crippen LogP contribution < -0.4 is 10.5 Å². The van der Waals surface area contributed by atoms with Crippen LogP contribution >= 0.6 is 0 Å². The molecule has 96 valence electrons. The molecule has 0 saturated carbocycles. The van der Waals surface area contributed by atoms with Crippen LogP contribution in [0, 0.1) is 6.92 Å². The fraction of sp³-hybridized carbons (Fsp3) is 0.143. The second kappa shape index (κ2) is 4.28. The van der Waals surface area contributed by atoms with Crippen molar-refractivity contribution in [1.29, 1.82) is 0 Å². The number of hydrogen-bond acceptors (Lipinski definition) is 4. The van der Waals surface area contributed by atoms with Crippen molar-refractivity contribution >= 4 is 16.7 Å². The first-order valence-electron chi connectivity index (χ1n) is 5.96. The fourth-order valence-corrected chi connectivity index (χ4v) is 2.02. The highest BCUT2D eigenvalue weighted by molar-refractivity contribution is 5.80. The number of aryl methyl sites for hydroxylation is 2. The van der Waals surface area contributed by atoms with Gasteiger partial charge >= 0.3 is 0 Å². The number of pyridine rings is 1. The fourth-order valence-electron chi connectivity index (χ4n) is 2.02. The van der Waals surface area contributed by atoms with Crippen molar-refractivity contribution in [3.8, 4) is 11.6 Å². The molecular formula is C14H14N4O. The van der Waals surface area contributed by atoms with Crippen LogP contribution in [-0.2, 0) is 7.05 Å². The molecule has 3 aromatic rings. The maximum Gasteiger partial charge on any atom is 0.247 e. The van der Waals surface area contributed by atoms with E-state index in [1.54, 1.807) is 18.6 Å². The Bertz CT molecular complexity index is 728. The third-order valence-corrected chi connectivity index (χ3v) is 3.05. The van der Waals surface area contributed by atoms with Gasteiger partial charge in [-0.1, -0.05) is 12.1 Å². The number of rotatable bonds is 2. The Labute approximate surface area is 110 Å². The van der Waals surface area contributed by atoms with E-state index < -0.39 is 0 Å². The van der Waals surface area contributed by atoms with Gasteiger partial charge in [-0.25, -0.2) is 9.97 Å². The van der Waals surface area contributed by atoms with Gasteiger partial charge in [0.25, 0.3) is 0 Å². The Morgan fingerprint density at radius 2 is 2.05 bits per heavy atom. The quantitative estimate of drug-likeness (QED) is 0.714. The van der Waals surface area contributed by atoms with Gasteiger partial charge in [0.2, 0.25) is 5.88 Å². The van der Waals surface area contributed by atoms with Gasteiger partial charge in [0.15, 0.2) is 11.3 Å². The van der Waals surface area contributed by atoms with Crippen LogP contribution in [-0.4, -0.2) is 14.5 Å². The summed E-state index contributed by atoms with van der Waals surface area (Å²) >= 11 is 0. The van der Waals surface area contributed by atoms with Gasteiger partial charge in [-0.3, -0.25) is 0 Å². The molecule has 0 bridgehead atoms. The average Bonchev–Trinajstić information content (AvgIpc) is 2.77. The number of fused-ring (bicyclic) bond motifs is 1. The van der Waals surface area contributed by atoms with Gasteiger partial charge in [0, 0.05) is 13.2 Å². The monoisotopic (exact) mass is 254 g/mol. The van der Waals surface area contributed by atoms with Gasteiger partial charge in [0.1, 0.15) is 0 Å². The summed E-state index contributed by atoms with van der Waals surface area (Å²) < 4.78 is 7.78. The topological polar surface area (TPSA) is 66.0 Å². The summed E-state index contributed by atoms with van der Waals surface area (Å²) in [7, 11) is 1.93. The summed E-state index contributed by atoms with van der Waals surface area (Å²) in [4.78, 5) is 8.55. The lowest BCUT2D eigenvalue weighted by Crippen LogP contribution is -1.96. The van der Waals surface area contributed by atoms with E-state index in [0.717, 1.165) is 16.6 Å². The van der Waals surface area contributed by atoms with Crippen LogP contribution in [0.1, 0.15) is 5.56 Å². The van der Waals surface area contributed by atoms with E-state index >= 15 is 0 Å². The minimum atomic E-state index is 0.471. The highest BCUT2D eigenvalue weighted by atomic mass is 16.5. The summed E-state index contributed by atoms with van der Waals surface area (Å²) in [6.07, 6.45) is 3.44. The van der Waals surface area contributed by atoms with Crippen molar-refractivity contribution in [2.75, 3.05) is 5.73 Å². The van der Waals surface area contributed by atoms with Crippen LogP contribution in [0.3, 0.4) is 0 Å². The normalized spacial score (nSPS) is 10.8. The molecule has 5 nitrogen and oxygen atoms in total. The molecule has 0 radical (unpaired) electrons. The van der Waals surface area contributed by atoms with Crippen LogP contribution in [0.4, 0.5) is 5.69 Å². The SMILES string of the molecule is Cc1cccc(N)c1Oc1nccc2c1ncn2C. The van der Waals surface area contributed by atoms with Crippen molar-refractivity contribution in [2.24, 2.45) is 7.05 Å². The van der Waals surface area contributed by atoms with Gasteiger partial charge < -0.3 is 15.0 Å². The van der Waals surface area contributed by atoms with Crippen LogP contribution in [0.5, 0.6) is 11.6 Å². The zero-order valence-corrected chi connectivity index (χ0v) is 10.8. The van der Waals surface area contributed by atoms with E-state index in [1.165, 1.54) is 0 Å². The number of imidazole rings is 1. The van der Waals surface area contributed by atoms with E-state index in [-0.39, 0.29) is 0 Å². The molecule has 0 spiro atoms. The minimum absolute atomic E-state index is 0.471. The summed E-state index contributed by atoms with van der Waals surface area (Å²) in [5.74, 6) is 1.10. The number of nitrogens with two attached hydrogens (primary N) is 1. The molecule has 5 heteroatoms. The number of para-hydroxylation sites is 1. The Hall–Kier alpha value is -2.56. The maximum atomic E-state index is 5.94. The number of hydrogen-bond donors (Lipinski definition) is 1. The molecule has 0 atom stereocenters. The Morgan fingerprint density at radius 3 is 2.84 bits per heavy atom. The van der Waals surface area contributed by atoms with E-state index in [1.807, 2.05) is 36.7 Å². The zero-order chi connectivity index (χ0) is 13.4. The number of nitrogens with zero attached hydrogens (tertiary/aromatic N) is 3. The van der Waals surface area contributed by atoms with Gasteiger partial charge in [0.05, 0.1) is 17.5 Å². The zero-order valence-electron chi connectivity index (χ0n) is 10.8. The first-order valence-corrected chi connectivity index (χ1v) is 5.96. The third kappa shape index (κ3) is 1.89. The first kappa shape index (κ1) is 11.5. The molecule has 1 aromatic carbocycles. The third-order valence-electron chi connectivity index (χ3n) is 3.05. The van der Waals surface area contributed by atoms with Gasteiger partial charge in [-0.05, 0) is 24.6 Å². The van der Waals surface area contributed by atoms with Crippen molar-refractivity contribution in [1.82, 2.24) is 14.5 Å². The van der Waals surface area contributed by atoms with Gasteiger partial charge in [-0.15, -0.1) is 0 Å². The summed E-state index contributed by atoms with van der Waals surface area (Å²) in [6, 6.07) is 7.55. The molecule has 2 N–H and O–H groups in total. The molecule has 0 saturated heterocycles. The Morgan fingerprint density at radius 1 is 1.21 bits per heavy atom. The minimum Gasteiger partial charge on any atom is -0.434 e. The van der Waals surface area contributed by atoms with Crippen LogP contribution in [0.15, 0.2) is 36.8 Å². The van der Waals surface area contributed by atoms with Crippen molar-refractivity contribution in [3.63, 3.8) is 0 Å². The standard InChI is InChI=1S/C14H14N4O/c1-9-4-3-5-10(15)13(9)19-14-12-11(6-7-16-14)18(2)8-17-12/h3-8H,15H2,1-2H3. The molecule has 0 aliphatic heterocycles. The highest BCUT2D eigenvalue weighted by Crippen LogP contribution is 2.32. The summed E-state index contributed by atoms with van der Waals surface area (Å²) in [5, 5.41) is 0. The lowest BCUT2D eigenvalue weighted by molar-refractivity contribution is 0.467. The second-order valence-electron chi connectivity index (χ2n) is 4.43. The number of benzene rings is 1. The number of anilines is 1. The van der Waals surface area contributed by atoms with Crippen molar-refractivity contribution < 1.29 is 4.74 Å².